The lowest BCUT2D eigenvalue weighted by Crippen LogP contribution is -2.23. The number of hydrogen-bond donors (Lipinski definition) is 1. The Hall–Kier alpha value is -2.41. The molecule has 124 valence electrons. The van der Waals surface area contributed by atoms with E-state index in [1.165, 1.54) is 6.07 Å². The molecule has 7 nitrogen and oxygen atoms in total. The summed E-state index contributed by atoms with van der Waals surface area (Å²) in [6, 6.07) is 4.70. The van der Waals surface area contributed by atoms with Gasteiger partial charge in [-0.3, -0.25) is 10.1 Å². The summed E-state index contributed by atoms with van der Waals surface area (Å²) in [4.78, 5) is 14.6. The molecule has 0 saturated carbocycles. The highest BCUT2D eigenvalue weighted by molar-refractivity contribution is 5.43. The number of nitrogens with one attached hydrogen (secondary N) is 1. The summed E-state index contributed by atoms with van der Waals surface area (Å²) in [5.74, 6) is 1.10. The van der Waals surface area contributed by atoms with Gasteiger partial charge in [0, 0.05) is 43.2 Å². The maximum atomic E-state index is 10.9. The zero-order valence-corrected chi connectivity index (χ0v) is 13.4. The largest absolute Gasteiger partial charge is 0.494 e. The van der Waals surface area contributed by atoms with Gasteiger partial charge >= 0.3 is 0 Å². The van der Waals surface area contributed by atoms with Gasteiger partial charge in [-0.15, -0.1) is 0 Å². The van der Waals surface area contributed by atoms with Gasteiger partial charge in [0.05, 0.1) is 17.9 Å². The highest BCUT2D eigenvalue weighted by Crippen LogP contribution is 2.24. The fraction of sp³-hybridized carbons (Fsp3) is 0.438. The van der Waals surface area contributed by atoms with Crippen LogP contribution in [-0.2, 0) is 13.1 Å². The van der Waals surface area contributed by atoms with Gasteiger partial charge in [0.15, 0.2) is 0 Å². The fourth-order valence-corrected chi connectivity index (χ4v) is 2.39. The van der Waals surface area contributed by atoms with Crippen molar-refractivity contribution in [2.45, 2.75) is 26.9 Å². The van der Waals surface area contributed by atoms with Crippen LogP contribution in [0.3, 0.4) is 0 Å². The van der Waals surface area contributed by atoms with E-state index in [0.29, 0.717) is 24.8 Å². The summed E-state index contributed by atoms with van der Waals surface area (Å²) in [5.41, 5.74) is 0.882. The predicted octanol–water partition coefficient (Wildman–Crippen LogP) is 2.62. The highest BCUT2D eigenvalue weighted by Gasteiger charge is 2.12. The van der Waals surface area contributed by atoms with Gasteiger partial charge in [0.1, 0.15) is 5.75 Å². The van der Waals surface area contributed by atoms with Crippen LogP contribution in [0.5, 0.6) is 5.75 Å². The van der Waals surface area contributed by atoms with Gasteiger partial charge in [0.25, 0.3) is 5.69 Å². The molecule has 1 unspecified atom stereocenters. The van der Waals surface area contributed by atoms with E-state index in [0.717, 1.165) is 18.7 Å². The van der Waals surface area contributed by atoms with Crippen molar-refractivity contribution in [1.29, 1.82) is 0 Å². The molecule has 23 heavy (non-hydrogen) atoms. The highest BCUT2D eigenvalue weighted by atomic mass is 16.6. The molecule has 0 saturated heterocycles. The number of rotatable bonds is 9. The van der Waals surface area contributed by atoms with Gasteiger partial charge in [-0.05, 0) is 25.5 Å². The maximum Gasteiger partial charge on any atom is 0.270 e. The second-order valence-electron chi connectivity index (χ2n) is 5.48. The first kappa shape index (κ1) is 17.0. The minimum absolute atomic E-state index is 0.0803. The Morgan fingerprint density at radius 3 is 2.96 bits per heavy atom. The minimum atomic E-state index is -0.388. The van der Waals surface area contributed by atoms with Crippen molar-refractivity contribution in [2.24, 2.45) is 5.92 Å². The van der Waals surface area contributed by atoms with E-state index in [1.54, 1.807) is 24.7 Å². The first-order chi connectivity index (χ1) is 11.1. The summed E-state index contributed by atoms with van der Waals surface area (Å²) in [6.07, 6.45) is 5.49. The van der Waals surface area contributed by atoms with Crippen LogP contribution < -0.4 is 10.1 Å². The van der Waals surface area contributed by atoms with Crippen LogP contribution in [0.15, 0.2) is 36.9 Å². The first-order valence-electron chi connectivity index (χ1n) is 7.66. The third kappa shape index (κ3) is 5.07. The standard InChI is InChI=1S/C16H22N4O3/c1-3-23-16-5-4-15(20(21)22)8-14(16)10-18-9-13(2)11-19-7-6-17-12-19/h4-8,12-13,18H,3,9-11H2,1-2H3. The molecule has 0 amide bonds. The summed E-state index contributed by atoms with van der Waals surface area (Å²) in [7, 11) is 0. The number of nitro groups is 1. The van der Waals surface area contributed by atoms with Crippen LogP contribution in [0.1, 0.15) is 19.4 Å². The number of hydrogen-bond acceptors (Lipinski definition) is 5. The summed E-state index contributed by atoms with van der Waals surface area (Å²) < 4.78 is 7.57. The number of ether oxygens (including phenoxy) is 1. The normalized spacial score (nSPS) is 12.1. The van der Waals surface area contributed by atoms with Crippen LogP contribution >= 0.6 is 0 Å². The third-order valence-corrected chi connectivity index (χ3v) is 3.44. The topological polar surface area (TPSA) is 82.2 Å². The van der Waals surface area contributed by atoms with E-state index >= 15 is 0 Å². The minimum Gasteiger partial charge on any atom is -0.494 e. The lowest BCUT2D eigenvalue weighted by molar-refractivity contribution is -0.384. The Labute approximate surface area is 135 Å². The van der Waals surface area contributed by atoms with Gasteiger partial charge < -0.3 is 14.6 Å². The molecule has 0 radical (unpaired) electrons. The molecular formula is C16H22N4O3. The quantitative estimate of drug-likeness (QED) is 0.567. The van der Waals surface area contributed by atoms with Crippen LogP contribution in [0.25, 0.3) is 0 Å². The van der Waals surface area contributed by atoms with E-state index in [9.17, 15) is 10.1 Å². The third-order valence-electron chi connectivity index (χ3n) is 3.44. The second kappa shape index (κ2) is 8.28. The van der Waals surface area contributed by atoms with Crippen molar-refractivity contribution >= 4 is 5.69 Å². The summed E-state index contributed by atoms with van der Waals surface area (Å²) in [5, 5.41) is 14.3. The monoisotopic (exact) mass is 318 g/mol. The fourth-order valence-electron chi connectivity index (χ4n) is 2.39. The molecule has 1 N–H and O–H groups in total. The molecule has 0 aliphatic heterocycles. The van der Waals surface area contributed by atoms with Crippen LogP contribution in [0.2, 0.25) is 0 Å². The van der Waals surface area contributed by atoms with E-state index in [-0.39, 0.29) is 10.6 Å². The zero-order chi connectivity index (χ0) is 16.7. The Morgan fingerprint density at radius 2 is 2.30 bits per heavy atom. The Bertz CT molecular complexity index is 628. The smallest absolute Gasteiger partial charge is 0.270 e. The van der Waals surface area contributed by atoms with E-state index < -0.39 is 0 Å². The number of aromatic nitrogens is 2. The maximum absolute atomic E-state index is 10.9. The number of nitrogens with zero attached hydrogens (tertiary/aromatic N) is 3. The predicted molar refractivity (Wildman–Crippen MR) is 87.4 cm³/mol. The van der Waals surface area contributed by atoms with Gasteiger partial charge in [0.2, 0.25) is 0 Å². The van der Waals surface area contributed by atoms with Crippen molar-refractivity contribution in [3.63, 3.8) is 0 Å². The average Bonchev–Trinajstić information content (AvgIpc) is 3.01. The molecule has 0 spiro atoms. The summed E-state index contributed by atoms with van der Waals surface area (Å²) >= 11 is 0. The molecule has 2 rings (SSSR count). The van der Waals surface area contributed by atoms with Crippen molar-refractivity contribution < 1.29 is 9.66 Å². The molecule has 1 aromatic carbocycles. The van der Waals surface area contributed by atoms with Crippen LogP contribution in [0, 0.1) is 16.0 Å². The molecular weight excluding hydrogens is 296 g/mol. The number of imidazole rings is 1. The van der Waals surface area contributed by atoms with Crippen LogP contribution in [-0.4, -0.2) is 27.6 Å². The van der Waals surface area contributed by atoms with Gasteiger partial charge in [-0.1, -0.05) is 6.92 Å². The first-order valence-corrected chi connectivity index (χ1v) is 7.66. The van der Waals surface area contributed by atoms with E-state index in [1.807, 2.05) is 17.7 Å². The average molecular weight is 318 g/mol. The number of non-ortho nitro benzene ring substituents is 1. The SMILES string of the molecule is CCOc1ccc([N+](=O)[O-])cc1CNCC(C)Cn1ccnc1. The second-order valence-corrected chi connectivity index (χ2v) is 5.48. The molecule has 1 atom stereocenters. The lowest BCUT2D eigenvalue weighted by atomic mass is 10.1. The van der Waals surface area contributed by atoms with Crippen molar-refractivity contribution in [2.75, 3.05) is 13.2 Å². The lowest BCUT2D eigenvalue weighted by Gasteiger charge is -2.15. The van der Waals surface area contributed by atoms with Crippen molar-refractivity contribution in [3.8, 4) is 5.75 Å². The molecule has 7 heteroatoms. The molecule has 0 fully saturated rings. The molecule has 0 aliphatic carbocycles. The molecule has 1 aromatic heterocycles. The Kier molecular flexibility index (Phi) is 6.10. The van der Waals surface area contributed by atoms with E-state index in [4.69, 9.17) is 4.74 Å². The van der Waals surface area contributed by atoms with Gasteiger partial charge in [-0.2, -0.15) is 0 Å². The van der Waals surface area contributed by atoms with Gasteiger partial charge in [-0.25, -0.2) is 4.98 Å². The molecule has 2 aromatic rings. The van der Waals surface area contributed by atoms with Crippen LogP contribution in [0.4, 0.5) is 5.69 Å². The number of benzene rings is 1. The van der Waals surface area contributed by atoms with E-state index in [2.05, 4.69) is 17.2 Å². The zero-order valence-electron chi connectivity index (χ0n) is 13.4. The molecule has 1 heterocycles. The molecule has 0 bridgehead atoms. The van der Waals surface area contributed by atoms with Crippen molar-refractivity contribution in [1.82, 2.24) is 14.9 Å². The number of nitro benzene ring substituents is 1. The molecule has 0 aliphatic rings. The van der Waals surface area contributed by atoms with Crippen molar-refractivity contribution in [3.05, 3.63) is 52.6 Å². The Morgan fingerprint density at radius 1 is 1.48 bits per heavy atom. The Balaban J connectivity index is 1.92. The summed E-state index contributed by atoms with van der Waals surface area (Å²) in [6.45, 7) is 6.77.